The summed E-state index contributed by atoms with van der Waals surface area (Å²) in [5, 5.41) is 10.9. The van der Waals surface area contributed by atoms with Gasteiger partial charge in [0.15, 0.2) is 0 Å². The molecule has 7 nitrogen and oxygen atoms in total. The molecule has 1 atom stereocenters. The maximum atomic E-state index is 13.3. The molecule has 1 aromatic heterocycles. The number of rotatable bonds is 4. The van der Waals surface area contributed by atoms with Crippen LogP contribution < -0.4 is 4.90 Å². The number of ether oxygens (including phenoxy) is 1. The molecule has 1 aromatic carbocycles. The Hall–Kier alpha value is -2.77. The molecule has 5 rings (SSSR count). The van der Waals surface area contributed by atoms with Crippen molar-refractivity contribution in [3.8, 4) is 0 Å². The molecule has 2 fully saturated rings. The molecule has 0 bridgehead atoms. The number of hydrogen-bond acceptors (Lipinski definition) is 6. The summed E-state index contributed by atoms with van der Waals surface area (Å²) in [7, 11) is 0. The topological polar surface area (TPSA) is 83.0 Å². The van der Waals surface area contributed by atoms with Crippen LogP contribution in [0.5, 0.6) is 0 Å². The largest absolute Gasteiger partial charge is 0.457 e. The van der Waals surface area contributed by atoms with Gasteiger partial charge in [-0.15, -0.1) is 0 Å². The Labute approximate surface area is 188 Å². The minimum atomic E-state index is -0.638. The molecule has 0 saturated carbocycles. The SMILES string of the molecule is Cc1cc(N2CCC3(CCN(CC(O)c4ccc5c(c4C)COC5=O)CC3)C2=O)ccn1. The zero-order valence-electron chi connectivity index (χ0n) is 18.6. The number of benzene rings is 1. The molecule has 1 amide bonds. The van der Waals surface area contributed by atoms with Crippen molar-refractivity contribution < 1.29 is 19.4 Å². The highest BCUT2D eigenvalue weighted by molar-refractivity contribution is 6.00. The Morgan fingerprint density at radius 2 is 1.88 bits per heavy atom. The van der Waals surface area contributed by atoms with Gasteiger partial charge in [-0.3, -0.25) is 9.78 Å². The minimum Gasteiger partial charge on any atom is -0.457 e. The van der Waals surface area contributed by atoms with E-state index in [-0.39, 0.29) is 23.9 Å². The number of aromatic nitrogens is 1. The van der Waals surface area contributed by atoms with Gasteiger partial charge in [0.25, 0.3) is 0 Å². The van der Waals surface area contributed by atoms with Gasteiger partial charge in [0.05, 0.1) is 17.1 Å². The highest BCUT2D eigenvalue weighted by Crippen LogP contribution is 2.43. The van der Waals surface area contributed by atoms with E-state index in [1.54, 1.807) is 12.3 Å². The van der Waals surface area contributed by atoms with Gasteiger partial charge in [-0.2, -0.15) is 0 Å². The number of amides is 1. The van der Waals surface area contributed by atoms with Gasteiger partial charge in [-0.25, -0.2) is 4.79 Å². The number of esters is 1. The number of aliphatic hydroxyl groups excluding tert-OH is 1. The van der Waals surface area contributed by atoms with E-state index in [2.05, 4.69) is 9.88 Å². The van der Waals surface area contributed by atoms with E-state index in [9.17, 15) is 14.7 Å². The normalized spacial score (nSPS) is 21.2. The second kappa shape index (κ2) is 7.98. The van der Waals surface area contributed by atoms with Gasteiger partial charge < -0.3 is 19.6 Å². The Balaban J connectivity index is 1.23. The van der Waals surface area contributed by atoms with Crippen molar-refractivity contribution in [2.75, 3.05) is 31.1 Å². The van der Waals surface area contributed by atoms with Crippen molar-refractivity contribution in [2.24, 2.45) is 5.41 Å². The van der Waals surface area contributed by atoms with Crippen LogP contribution in [0.1, 0.15) is 58.1 Å². The molecular formula is C25H29N3O4. The van der Waals surface area contributed by atoms with E-state index < -0.39 is 6.10 Å². The number of cyclic esters (lactones) is 1. The lowest BCUT2D eigenvalue weighted by Crippen LogP contribution is -2.45. The average molecular weight is 436 g/mol. The zero-order valence-corrected chi connectivity index (χ0v) is 18.6. The summed E-state index contributed by atoms with van der Waals surface area (Å²) in [6.45, 7) is 7.01. The van der Waals surface area contributed by atoms with Crippen LogP contribution in [0.25, 0.3) is 0 Å². The summed E-state index contributed by atoms with van der Waals surface area (Å²) in [5.74, 6) is -0.0647. The third-order valence-corrected chi connectivity index (χ3v) is 7.52. The highest BCUT2D eigenvalue weighted by Gasteiger charge is 2.48. The number of carbonyl (C=O) groups is 2. The smallest absolute Gasteiger partial charge is 0.338 e. The fourth-order valence-electron chi connectivity index (χ4n) is 5.46. The molecule has 0 radical (unpaired) electrons. The average Bonchev–Trinajstić information content (AvgIpc) is 3.31. The van der Waals surface area contributed by atoms with Crippen LogP contribution in [-0.4, -0.2) is 53.0 Å². The second-order valence-electron chi connectivity index (χ2n) is 9.34. The highest BCUT2D eigenvalue weighted by atomic mass is 16.5. The van der Waals surface area contributed by atoms with Gasteiger partial charge in [0.1, 0.15) is 6.61 Å². The lowest BCUT2D eigenvalue weighted by Gasteiger charge is -2.38. The number of hydrogen-bond donors (Lipinski definition) is 1. The predicted octanol–water partition coefficient (Wildman–Crippen LogP) is 2.92. The van der Waals surface area contributed by atoms with E-state index in [1.807, 2.05) is 36.9 Å². The van der Waals surface area contributed by atoms with Crippen LogP contribution >= 0.6 is 0 Å². The van der Waals surface area contributed by atoms with Crippen LogP contribution in [0, 0.1) is 19.3 Å². The first kappa shape index (κ1) is 21.1. The van der Waals surface area contributed by atoms with E-state index >= 15 is 0 Å². The molecule has 2 saturated heterocycles. The number of β-amino-alcohol motifs (C(OH)–C–C–N with tert-alkyl or cyclic N) is 1. The molecule has 4 heterocycles. The third-order valence-electron chi connectivity index (χ3n) is 7.52. The summed E-state index contributed by atoms with van der Waals surface area (Å²) in [4.78, 5) is 33.5. The minimum absolute atomic E-state index is 0.224. The fraction of sp³-hybridized carbons (Fsp3) is 0.480. The van der Waals surface area contributed by atoms with Crippen LogP contribution in [0.15, 0.2) is 30.5 Å². The maximum absolute atomic E-state index is 13.3. The third kappa shape index (κ3) is 3.49. The first-order valence-electron chi connectivity index (χ1n) is 11.3. The fourth-order valence-corrected chi connectivity index (χ4v) is 5.46. The van der Waals surface area contributed by atoms with Crippen molar-refractivity contribution in [1.82, 2.24) is 9.88 Å². The number of nitrogens with zero attached hydrogens (tertiary/aromatic N) is 3. The maximum Gasteiger partial charge on any atom is 0.338 e. The summed E-state index contributed by atoms with van der Waals surface area (Å²) < 4.78 is 5.13. The number of fused-ring (bicyclic) bond motifs is 1. The predicted molar refractivity (Wildman–Crippen MR) is 119 cm³/mol. The van der Waals surface area contributed by atoms with Crippen LogP contribution in [0.3, 0.4) is 0 Å². The van der Waals surface area contributed by atoms with Crippen molar-refractivity contribution in [3.63, 3.8) is 0 Å². The van der Waals surface area contributed by atoms with Gasteiger partial charge in [0, 0.05) is 36.2 Å². The lowest BCUT2D eigenvalue weighted by molar-refractivity contribution is -0.128. The summed E-state index contributed by atoms with van der Waals surface area (Å²) in [5.41, 5.74) is 4.82. The van der Waals surface area contributed by atoms with Crippen molar-refractivity contribution in [1.29, 1.82) is 0 Å². The molecule has 7 heteroatoms. The summed E-state index contributed by atoms with van der Waals surface area (Å²) in [6, 6.07) is 7.48. The Kier molecular flexibility index (Phi) is 5.26. The van der Waals surface area contributed by atoms with E-state index in [1.165, 1.54) is 0 Å². The first-order valence-corrected chi connectivity index (χ1v) is 11.3. The zero-order chi connectivity index (χ0) is 22.5. The Morgan fingerprint density at radius 3 is 2.62 bits per heavy atom. The molecule has 1 N–H and O–H groups in total. The molecule has 32 heavy (non-hydrogen) atoms. The number of carbonyl (C=O) groups excluding carboxylic acids is 2. The monoisotopic (exact) mass is 435 g/mol. The molecule has 0 aliphatic carbocycles. The van der Waals surface area contributed by atoms with Crippen molar-refractivity contribution >= 4 is 17.6 Å². The Morgan fingerprint density at radius 1 is 1.12 bits per heavy atom. The van der Waals surface area contributed by atoms with Crippen LogP contribution in [0.4, 0.5) is 5.69 Å². The first-order chi connectivity index (χ1) is 15.4. The number of likely N-dealkylation sites (tertiary alicyclic amines) is 1. The lowest BCUT2D eigenvalue weighted by atomic mass is 9.77. The number of aliphatic hydroxyl groups is 1. The number of piperidine rings is 1. The van der Waals surface area contributed by atoms with Crippen LogP contribution in [0.2, 0.25) is 0 Å². The van der Waals surface area contributed by atoms with Crippen LogP contribution in [-0.2, 0) is 16.1 Å². The van der Waals surface area contributed by atoms with E-state index in [0.29, 0.717) is 12.1 Å². The quantitative estimate of drug-likeness (QED) is 0.744. The standard InChI is InChI=1S/C25H29N3O4/c1-16-13-18(5-9-26-16)28-12-8-25(24(28)31)6-10-27(11-7-25)14-22(29)19-3-4-20-21(17(19)2)15-32-23(20)30/h3-5,9,13,22,29H,6-8,10-12,14-15H2,1-2H3. The molecule has 3 aliphatic rings. The molecule has 1 spiro atoms. The van der Waals surface area contributed by atoms with Gasteiger partial charge in [-0.1, -0.05) is 6.07 Å². The molecule has 168 valence electrons. The second-order valence-corrected chi connectivity index (χ2v) is 9.34. The number of anilines is 1. The molecule has 2 aromatic rings. The summed E-state index contributed by atoms with van der Waals surface area (Å²) in [6.07, 6.45) is 3.62. The van der Waals surface area contributed by atoms with Gasteiger partial charge in [-0.05, 0) is 75.5 Å². The summed E-state index contributed by atoms with van der Waals surface area (Å²) >= 11 is 0. The van der Waals surface area contributed by atoms with Gasteiger partial charge in [0.2, 0.25) is 5.91 Å². The van der Waals surface area contributed by atoms with E-state index in [4.69, 9.17) is 4.74 Å². The number of aryl methyl sites for hydroxylation is 1. The van der Waals surface area contributed by atoms with Crippen molar-refractivity contribution in [2.45, 2.75) is 45.8 Å². The Bertz CT molecular complexity index is 1070. The van der Waals surface area contributed by atoms with Gasteiger partial charge >= 0.3 is 5.97 Å². The van der Waals surface area contributed by atoms with E-state index in [0.717, 1.165) is 67.0 Å². The molecule has 1 unspecified atom stereocenters. The molecular weight excluding hydrogens is 406 g/mol. The van der Waals surface area contributed by atoms with Crippen molar-refractivity contribution in [3.05, 3.63) is 58.4 Å². The number of pyridine rings is 1. The molecule has 3 aliphatic heterocycles.